The highest BCUT2D eigenvalue weighted by atomic mass is 19.4. The number of aromatic nitrogens is 3. The molecular formula is C11H9F3N4O2. The first-order chi connectivity index (χ1) is 9.38. The zero-order valence-electron chi connectivity index (χ0n) is 10.2. The number of hydrogen-bond acceptors (Lipinski definition) is 5. The predicted molar refractivity (Wildman–Crippen MR) is 59.4 cm³/mol. The number of halogens is 3. The van der Waals surface area contributed by atoms with Crippen LogP contribution in [0, 0.1) is 0 Å². The number of pyridine rings is 1. The van der Waals surface area contributed by atoms with E-state index in [0.29, 0.717) is 0 Å². The van der Waals surface area contributed by atoms with E-state index in [1.165, 1.54) is 25.4 Å². The highest BCUT2D eigenvalue weighted by molar-refractivity contribution is 5.93. The van der Waals surface area contributed by atoms with Crippen LogP contribution in [-0.2, 0) is 6.18 Å². The van der Waals surface area contributed by atoms with Gasteiger partial charge in [-0.3, -0.25) is 9.78 Å². The molecule has 1 amide bonds. The van der Waals surface area contributed by atoms with E-state index in [4.69, 9.17) is 0 Å². The Morgan fingerprint density at radius 1 is 1.45 bits per heavy atom. The topological polar surface area (TPSA) is 80.9 Å². The van der Waals surface area contributed by atoms with Gasteiger partial charge in [0.05, 0.1) is 5.56 Å². The second kappa shape index (κ2) is 5.27. The standard InChI is InChI=1S/C11H9F3N4O2/c1-6(9-17-10(18-20-9)11(12,13)14)16-8(19)7-3-2-4-15-5-7/h2-6H,1H3,(H,16,19)/t6-/m1/s1. The molecule has 0 aliphatic heterocycles. The lowest BCUT2D eigenvalue weighted by atomic mass is 10.2. The van der Waals surface area contributed by atoms with Crippen LogP contribution in [0.1, 0.15) is 35.0 Å². The van der Waals surface area contributed by atoms with Gasteiger partial charge in [-0.1, -0.05) is 5.16 Å². The van der Waals surface area contributed by atoms with Crippen LogP contribution in [0.2, 0.25) is 0 Å². The minimum absolute atomic E-state index is 0.273. The van der Waals surface area contributed by atoms with Crippen molar-refractivity contribution in [3.05, 3.63) is 41.8 Å². The van der Waals surface area contributed by atoms with Crippen LogP contribution >= 0.6 is 0 Å². The lowest BCUT2D eigenvalue weighted by molar-refractivity contribution is -0.146. The maximum Gasteiger partial charge on any atom is 0.455 e. The van der Waals surface area contributed by atoms with Gasteiger partial charge in [0, 0.05) is 12.4 Å². The quantitative estimate of drug-likeness (QED) is 0.933. The van der Waals surface area contributed by atoms with Gasteiger partial charge in [-0.15, -0.1) is 0 Å². The average molecular weight is 286 g/mol. The lowest BCUT2D eigenvalue weighted by Crippen LogP contribution is -2.27. The fourth-order valence-electron chi connectivity index (χ4n) is 1.37. The van der Waals surface area contributed by atoms with Crippen LogP contribution in [0.4, 0.5) is 13.2 Å². The van der Waals surface area contributed by atoms with Gasteiger partial charge < -0.3 is 9.84 Å². The molecule has 0 aliphatic rings. The van der Waals surface area contributed by atoms with Crippen molar-refractivity contribution in [3.63, 3.8) is 0 Å². The van der Waals surface area contributed by atoms with Gasteiger partial charge >= 0.3 is 6.18 Å². The van der Waals surface area contributed by atoms with Crippen LogP contribution in [-0.4, -0.2) is 21.0 Å². The highest BCUT2D eigenvalue weighted by Gasteiger charge is 2.37. The summed E-state index contributed by atoms with van der Waals surface area (Å²) in [5.74, 6) is -2.21. The molecule has 20 heavy (non-hydrogen) atoms. The lowest BCUT2D eigenvalue weighted by Gasteiger charge is -2.09. The Morgan fingerprint density at radius 2 is 2.20 bits per heavy atom. The van der Waals surface area contributed by atoms with Gasteiger partial charge in [-0.2, -0.15) is 18.2 Å². The first-order valence-corrected chi connectivity index (χ1v) is 5.49. The average Bonchev–Trinajstić information content (AvgIpc) is 2.89. The van der Waals surface area contributed by atoms with Gasteiger partial charge in [0.15, 0.2) is 0 Å². The molecule has 6 nitrogen and oxygen atoms in total. The fourth-order valence-corrected chi connectivity index (χ4v) is 1.37. The summed E-state index contributed by atoms with van der Waals surface area (Å²) < 4.78 is 41.4. The second-order valence-corrected chi connectivity index (χ2v) is 3.89. The van der Waals surface area contributed by atoms with E-state index in [2.05, 4.69) is 25.0 Å². The van der Waals surface area contributed by atoms with Gasteiger partial charge in [0.1, 0.15) is 6.04 Å². The molecule has 2 aromatic rings. The molecule has 0 spiro atoms. The van der Waals surface area contributed by atoms with Crippen molar-refractivity contribution in [2.24, 2.45) is 0 Å². The summed E-state index contributed by atoms with van der Waals surface area (Å²) in [6.07, 6.45) is -1.86. The molecule has 2 aromatic heterocycles. The Balaban J connectivity index is 2.07. The van der Waals surface area contributed by atoms with Gasteiger partial charge in [-0.05, 0) is 19.1 Å². The maximum absolute atomic E-state index is 12.3. The number of nitrogens with one attached hydrogen (secondary N) is 1. The third-order valence-electron chi connectivity index (χ3n) is 2.34. The molecule has 0 aromatic carbocycles. The molecule has 1 atom stereocenters. The third kappa shape index (κ3) is 3.11. The monoisotopic (exact) mass is 286 g/mol. The largest absolute Gasteiger partial charge is 0.455 e. The Morgan fingerprint density at radius 3 is 2.75 bits per heavy atom. The van der Waals surface area contributed by atoms with Crippen molar-refractivity contribution in [1.29, 1.82) is 0 Å². The minimum atomic E-state index is -4.69. The number of rotatable bonds is 3. The van der Waals surface area contributed by atoms with Crippen molar-refractivity contribution in [2.45, 2.75) is 19.1 Å². The van der Waals surface area contributed by atoms with Crippen LogP contribution in [0.25, 0.3) is 0 Å². The minimum Gasteiger partial charge on any atom is -0.340 e. The summed E-state index contributed by atoms with van der Waals surface area (Å²) in [6.45, 7) is 1.43. The number of carbonyl (C=O) groups is 1. The molecule has 2 rings (SSSR count). The molecule has 2 heterocycles. The summed E-state index contributed by atoms with van der Waals surface area (Å²) in [6, 6.07) is 2.23. The van der Waals surface area contributed by atoms with E-state index in [0.717, 1.165) is 0 Å². The molecule has 0 aliphatic carbocycles. The number of nitrogens with zero attached hydrogens (tertiary/aromatic N) is 3. The Hall–Kier alpha value is -2.45. The molecule has 9 heteroatoms. The zero-order chi connectivity index (χ0) is 14.8. The van der Waals surface area contributed by atoms with E-state index in [1.807, 2.05) is 0 Å². The van der Waals surface area contributed by atoms with E-state index in [1.54, 1.807) is 6.07 Å². The molecule has 0 unspecified atom stereocenters. The SMILES string of the molecule is C[C@@H](NC(=O)c1cccnc1)c1nc(C(F)(F)F)no1. The molecule has 0 radical (unpaired) electrons. The summed E-state index contributed by atoms with van der Waals surface area (Å²) in [5.41, 5.74) is 0.273. The number of carbonyl (C=O) groups excluding carboxylic acids is 1. The van der Waals surface area contributed by atoms with E-state index >= 15 is 0 Å². The molecule has 0 saturated carbocycles. The molecule has 0 fully saturated rings. The molecule has 0 saturated heterocycles. The van der Waals surface area contributed by atoms with E-state index in [-0.39, 0.29) is 11.5 Å². The first-order valence-electron chi connectivity index (χ1n) is 5.49. The zero-order valence-corrected chi connectivity index (χ0v) is 10.2. The van der Waals surface area contributed by atoms with Crippen LogP contribution in [0.5, 0.6) is 0 Å². The summed E-state index contributed by atoms with van der Waals surface area (Å²) in [5, 5.41) is 5.25. The normalized spacial score (nSPS) is 13.0. The number of hydrogen-bond donors (Lipinski definition) is 1. The maximum atomic E-state index is 12.3. The van der Waals surface area contributed by atoms with Crippen molar-refractivity contribution in [2.75, 3.05) is 0 Å². The molecule has 0 bridgehead atoms. The molecule has 106 valence electrons. The Bertz CT molecular complexity index is 597. The fraction of sp³-hybridized carbons (Fsp3) is 0.273. The van der Waals surface area contributed by atoms with Gasteiger partial charge in [0.25, 0.3) is 11.7 Å². The van der Waals surface area contributed by atoms with Crippen molar-refractivity contribution in [3.8, 4) is 0 Å². The Labute approximate surface area is 111 Å². The smallest absolute Gasteiger partial charge is 0.340 e. The summed E-state index contributed by atoms with van der Waals surface area (Å²) in [4.78, 5) is 18.7. The van der Waals surface area contributed by atoms with Gasteiger partial charge in [0.2, 0.25) is 5.89 Å². The molecular weight excluding hydrogens is 277 g/mol. The van der Waals surface area contributed by atoms with E-state index in [9.17, 15) is 18.0 Å². The van der Waals surface area contributed by atoms with Crippen molar-refractivity contribution >= 4 is 5.91 Å². The summed E-state index contributed by atoms with van der Waals surface area (Å²) >= 11 is 0. The van der Waals surface area contributed by atoms with Gasteiger partial charge in [-0.25, -0.2) is 0 Å². The number of alkyl halides is 3. The van der Waals surface area contributed by atoms with Crippen LogP contribution in [0.3, 0.4) is 0 Å². The van der Waals surface area contributed by atoms with E-state index < -0.39 is 23.9 Å². The van der Waals surface area contributed by atoms with Crippen LogP contribution < -0.4 is 5.32 Å². The number of amides is 1. The predicted octanol–water partition coefficient (Wildman–Crippen LogP) is 1.97. The second-order valence-electron chi connectivity index (χ2n) is 3.89. The first kappa shape index (κ1) is 14.0. The van der Waals surface area contributed by atoms with Crippen molar-refractivity contribution in [1.82, 2.24) is 20.4 Å². The molecule has 1 N–H and O–H groups in total. The van der Waals surface area contributed by atoms with Crippen molar-refractivity contribution < 1.29 is 22.5 Å². The Kier molecular flexibility index (Phi) is 3.68. The summed E-state index contributed by atoms with van der Waals surface area (Å²) in [7, 11) is 0. The highest BCUT2D eigenvalue weighted by Crippen LogP contribution is 2.27. The third-order valence-corrected chi connectivity index (χ3v) is 2.34. The van der Waals surface area contributed by atoms with Crippen LogP contribution in [0.15, 0.2) is 29.0 Å².